The van der Waals surface area contributed by atoms with Gasteiger partial charge in [0.2, 0.25) is 0 Å². The second kappa shape index (κ2) is 8.76. The Morgan fingerprint density at radius 2 is 1.82 bits per heavy atom. The van der Waals surface area contributed by atoms with E-state index < -0.39 is 44.1 Å². The molecule has 0 atom stereocenters. The molecule has 150 valence electrons. The summed E-state index contributed by atoms with van der Waals surface area (Å²) in [5.41, 5.74) is -0.740. The minimum Gasteiger partial charge on any atom is -0.462 e. The second-order valence-electron chi connectivity index (χ2n) is 5.85. The SMILES string of the molecule is CC(C)OC(=O)CN(c1cccc(Cl)c1Cl)S(=O)(=O)c1ccccc1[N+](=O)[O-]. The molecule has 0 aliphatic carbocycles. The quantitative estimate of drug-likeness (QED) is 0.360. The molecule has 11 heteroatoms. The number of carbonyl (C=O) groups is 1. The van der Waals surface area contributed by atoms with E-state index in [4.69, 9.17) is 27.9 Å². The minimum atomic E-state index is -4.55. The molecule has 8 nitrogen and oxygen atoms in total. The summed E-state index contributed by atoms with van der Waals surface area (Å²) in [5, 5.41) is 11.2. The van der Waals surface area contributed by atoms with E-state index in [1.54, 1.807) is 13.8 Å². The number of halogens is 2. The molecule has 0 aromatic heterocycles. The van der Waals surface area contributed by atoms with E-state index in [1.807, 2.05) is 0 Å². The largest absolute Gasteiger partial charge is 0.462 e. The van der Waals surface area contributed by atoms with Crippen LogP contribution >= 0.6 is 23.2 Å². The van der Waals surface area contributed by atoms with E-state index in [9.17, 15) is 23.3 Å². The van der Waals surface area contributed by atoms with Gasteiger partial charge in [0.15, 0.2) is 4.90 Å². The standard InChI is InChI=1S/C17H16Cl2N2O6S/c1-11(2)27-16(22)10-20(14-8-5-6-12(18)17(14)19)28(25,26)15-9-4-3-7-13(15)21(23)24/h3-9,11H,10H2,1-2H3. The van der Waals surface area contributed by atoms with Gasteiger partial charge in [-0.3, -0.25) is 19.2 Å². The molecule has 0 fully saturated rings. The molecule has 0 bridgehead atoms. The van der Waals surface area contributed by atoms with Gasteiger partial charge in [0.1, 0.15) is 6.54 Å². The van der Waals surface area contributed by atoms with Crippen LogP contribution in [0.15, 0.2) is 47.4 Å². The second-order valence-corrected chi connectivity index (χ2v) is 8.46. The Morgan fingerprint density at radius 1 is 1.18 bits per heavy atom. The molecule has 0 radical (unpaired) electrons. The van der Waals surface area contributed by atoms with Crippen LogP contribution in [0.4, 0.5) is 11.4 Å². The molecule has 0 heterocycles. The van der Waals surface area contributed by atoms with Crippen molar-refractivity contribution in [2.45, 2.75) is 24.8 Å². The van der Waals surface area contributed by atoms with Gasteiger partial charge in [-0.25, -0.2) is 8.42 Å². The molecule has 0 saturated carbocycles. The first-order valence-corrected chi connectivity index (χ1v) is 10.1. The molecule has 0 amide bonds. The van der Waals surface area contributed by atoms with Crippen LogP contribution in [0.3, 0.4) is 0 Å². The van der Waals surface area contributed by atoms with Crippen LogP contribution in [-0.2, 0) is 19.6 Å². The number of sulfonamides is 1. The van der Waals surface area contributed by atoms with Crippen molar-refractivity contribution in [1.29, 1.82) is 0 Å². The van der Waals surface area contributed by atoms with Gasteiger partial charge in [-0.2, -0.15) is 0 Å². The van der Waals surface area contributed by atoms with Crippen molar-refractivity contribution in [3.8, 4) is 0 Å². The van der Waals surface area contributed by atoms with Crippen LogP contribution in [0, 0.1) is 10.1 Å². The van der Waals surface area contributed by atoms with Gasteiger partial charge in [-0.1, -0.05) is 41.4 Å². The first-order chi connectivity index (χ1) is 13.1. The lowest BCUT2D eigenvalue weighted by molar-refractivity contribution is -0.387. The Balaban J connectivity index is 2.66. The first-order valence-electron chi connectivity index (χ1n) is 7.95. The summed E-state index contributed by atoms with van der Waals surface area (Å²) >= 11 is 12.1. The van der Waals surface area contributed by atoms with E-state index in [0.29, 0.717) is 4.31 Å². The minimum absolute atomic E-state index is 0.0548. The van der Waals surface area contributed by atoms with E-state index in [-0.39, 0.29) is 15.7 Å². The van der Waals surface area contributed by atoms with Crippen molar-refractivity contribution in [2.75, 3.05) is 10.8 Å². The highest BCUT2D eigenvalue weighted by atomic mass is 35.5. The van der Waals surface area contributed by atoms with Gasteiger partial charge in [0, 0.05) is 6.07 Å². The number of hydrogen-bond donors (Lipinski definition) is 0. The third kappa shape index (κ3) is 4.73. The number of nitro benzene ring substituents is 1. The number of ether oxygens (including phenoxy) is 1. The Morgan fingerprint density at radius 3 is 2.43 bits per heavy atom. The van der Waals surface area contributed by atoms with Gasteiger partial charge in [-0.15, -0.1) is 0 Å². The number of esters is 1. The first kappa shape index (κ1) is 21.9. The average Bonchev–Trinajstić information content (AvgIpc) is 2.61. The molecule has 2 aromatic carbocycles. The zero-order valence-corrected chi connectivity index (χ0v) is 17.2. The Kier molecular flexibility index (Phi) is 6.87. The monoisotopic (exact) mass is 446 g/mol. The van der Waals surface area contributed by atoms with E-state index >= 15 is 0 Å². The molecule has 2 rings (SSSR count). The molecule has 0 saturated heterocycles. The van der Waals surface area contributed by atoms with Gasteiger partial charge in [-0.05, 0) is 32.0 Å². The molecular formula is C17H16Cl2N2O6S. The number of anilines is 1. The lowest BCUT2D eigenvalue weighted by atomic mass is 10.3. The number of benzene rings is 2. The van der Waals surface area contributed by atoms with Crippen molar-refractivity contribution in [3.63, 3.8) is 0 Å². The van der Waals surface area contributed by atoms with Crippen LogP contribution in [0.5, 0.6) is 0 Å². The zero-order valence-electron chi connectivity index (χ0n) is 14.8. The number of para-hydroxylation sites is 1. The summed E-state index contributed by atoms with van der Waals surface area (Å²) in [6.07, 6.45) is -0.488. The van der Waals surface area contributed by atoms with Crippen LogP contribution in [0.1, 0.15) is 13.8 Å². The molecule has 28 heavy (non-hydrogen) atoms. The van der Waals surface area contributed by atoms with E-state index in [1.165, 1.54) is 30.3 Å². The topological polar surface area (TPSA) is 107 Å². The number of nitrogens with zero attached hydrogens (tertiary/aromatic N) is 2. The molecule has 0 N–H and O–H groups in total. The molecule has 0 unspecified atom stereocenters. The lowest BCUT2D eigenvalue weighted by Crippen LogP contribution is -2.37. The summed E-state index contributed by atoms with van der Waals surface area (Å²) in [6, 6.07) is 9.02. The maximum Gasteiger partial charge on any atom is 0.327 e. The van der Waals surface area contributed by atoms with Gasteiger partial charge in [0.25, 0.3) is 15.7 Å². The summed E-state index contributed by atoms with van der Waals surface area (Å²) in [7, 11) is -4.55. The molecular weight excluding hydrogens is 431 g/mol. The normalized spacial score (nSPS) is 11.3. The fraction of sp³-hybridized carbons (Fsp3) is 0.235. The zero-order chi connectivity index (χ0) is 21.1. The van der Waals surface area contributed by atoms with Gasteiger partial charge >= 0.3 is 5.97 Å². The van der Waals surface area contributed by atoms with Crippen LogP contribution in [-0.4, -0.2) is 32.0 Å². The third-order valence-electron chi connectivity index (χ3n) is 3.47. The predicted molar refractivity (Wildman–Crippen MR) is 105 cm³/mol. The van der Waals surface area contributed by atoms with Gasteiger partial charge < -0.3 is 4.74 Å². The fourth-order valence-corrected chi connectivity index (χ4v) is 4.38. The third-order valence-corrected chi connectivity index (χ3v) is 6.09. The maximum absolute atomic E-state index is 13.3. The molecule has 0 spiro atoms. The van der Waals surface area contributed by atoms with Crippen molar-refractivity contribution >= 4 is 50.6 Å². The fourth-order valence-electron chi connectivity index (χ4n) is 2.35. The van der Waals surface area contributed by atoms with Crippen molar-refractivity contribution in [1.82, 2.24) is 0 Å². The lowest BCUT2D eigenvalue weighted by Gasteiger charge is -2.25. The van der Waals surface area contributed by atoms with Crippen LogP contribution in [0.2, 0.25) is 10.0 Å². The summed E-state index contributed by atoms with van der Waals surface area (Å²) in [6.45, 7) is 2.46. The highest BCUT2D eigenvalue weighted by Crippen LogP contribution is 2.37. The van der Waals surface area contributed by atoms with Crippen molar-refractivity contribution in [2.24, 2.45) is 0 Å². The van der Waals surface area contributed by atoms with E-state index in [0.717, 1.165) is 12.1 Å². The Bertz CT molecular complexity index is 1010. The summed E-state index contributed by atoms with van der Waals surface area (Å²) < 4.78 is 32.2. The maximum atomic E-state index is 13.3. The smallest absolute Gasteiger partial charge is 0.327 e. The van der Waals surface area contributed by atoms with E-state index in [2.05, 4.69) is 0 Å². The molecule has 0 aliphatic rings. The highest BCUT2D eigenvalue weighted by molar-refractivity contribution is 7.93. The van der Waals surface area contributed by atoms with Crippen molar-refractivity contribution < 1.29 is 22.9 Å². The number of nitro groups is 1. The predicted octanol–water partition coefficient (Wildman–Crippen LogP) is 4.05. The average molecular weight is 447 g/mol. The molecule has 2 aromatic rings. The summed E-state index contributed by atoms with van der Waals surface area (Å²) in [5.74, 6) is -0.854. The van der Waals surface area contributed by atoms with Crippen molar-refractivity contribution in [3.05, 3.63) is 62.6 Å². The van der Waals surface area contributed by atoms with Gasteiger partial charge in [0.05, 0.1) is 26.8 Å². The Hall–Kier alpha value is -2.36. The van der Waals surface area contributed by atoms with Crippen LogP contribution < -0.4 is 4.31 Å². The van der Waals surface area contributed by atoms with Crippen LogP contribution in [0.25, 0.3) is 0 Å². The number of hydrogen-bond acceptors (Lipinski definition) is 6. The Labute approximate surface area is 171 Å². The number of carbonyl (C=O) groups excluding carboxylic acids is 1. The highest BCUT2D eigenvalue weighted by Gasteiger charge is 2.34. The molecule has 0 aliphatic heterocycles. The number of rotatable bonds is 7. The summed E-state index contributed by atoms with van der Waals surface area (Å²) in [4.78, 5) is 22.1.